The van der Waals surface area contributed by atoms with Crippen molar-refractivity contribution in [2.24, 2.45) is 17.8 Å². The van der Waals surface area contributed by atoms with E-state index >= 15 is 0 Å². The maximum Gasteiger partial charge on any atom is 0.320 e. The zero-order valence-corrected chi connectivity index (χ0v) is 9.51. The number of carboxylic acid groups (broad SMARTS) is 1. The molecular weight excluding hydrogens is 202 g/mol. The fraction of sp³-hybridized carbons (Fsp3) is 0.769. The van der Waals surface area contributed by atoms with E-state index in [4.69, 9.17) is 5.11 Å². The number of rotatable bonds is 3. The Kier molecular flexibility index (Phi) is 2.51. The molecule has 2 aliphatic carbocycles. The first kappa shape index (κ1) is 10.3. The molecule has 16 heavy (non-hydrogen) atoms. The molecular formula is C13H19NO2. The molecule has 0 aromatic rings. The van der Waals surface area contributed by atoms with E-state index in [2.05, 4.69) is 17.1 Å². The first-order chi connectivity index (χ1) is 7.74. The molecule has 1 N–H and O–H groups in total. The number of nitrogens with zero attached hydrogens (tertiary/aromatic N) is 1. The summed E-state index contributed by atoms with van der Waals surface area (Å²) in [4.78, 5) is 13.3. The molecule has 1 heterocycles. The van der Waals surface area contributed by atoms with Crippen molar-refractivity contribution in [1.82, 2.24) is 4.90 Å². The van der Waals surface area contributed by atoms with Gasteiger partial charge in [0.05, 0.1) is 0 Å². The van der Waals surface area contributed by atoms with Crippen LogP contribution in [0.4, 0.5) is 0 Å². The van der Waals surface area contributed by atoms with Crippen LogP contribution >= 0.6 is 0 Å². The van der Waals surface area contributed by atoms with Gasteiger partial charge in [-0.05, 0) is 50.0 Å². The largest absolute Gasteiger partial charge is 0.480 e. The van der Waals surface area contributed by atoms with Crippen LogP contribution in [0.2, 0.25) is 0 Å². The summed E-state index contributed by atoms with van der Waals surface area (Å²) in [6, 6.07) is -0.205. The zero-order chi connectivity index (χ0) is 11.1. The predicted octanol–water partition coefficient (Wildman–Crippen LogP) is 1.75. The van der Waals surface area contributed by atoms with E-state index in [0.29, 0.717) is 0 Å². The molecule has 1 saturated carbocycles. The van der Waals surface area contributed by atoms with Gasteiger partial charge in [0.1, 0.15) is 6.04 Å². The molecule has 88 valence electrons. The van der Waals surface area contributed by atoms with Gasteiger partial charge in [-0.3, -0.25) is 9.69 Å². The SMILES string of the molecule is O=C(O)[C@@H]1CCCN1CC1CC2C=CC1C2. The van der Waals surface area contributed by atoms with Crippen molar-refractivity contribution in [2.75, 3.05) is 13.1 Å². The molecule has 0 radical (unpaired) electrons. The van der Waals surface area contributed by atoms with Crippen LogP contribution in [0.15, 0.2) is 12.2 Å². The number of fused-ring (bicyclic) bond motifs is 2. The summed E-state index contributed by atoms with van der Waals surface area (Å²) in [6.45, 7) is 1.98. The van der Waals surface area contributed by atoms with Crippen LogP contribution in [0, 0.1) is 17.8 Å². The highest BCUT2D eigenvalue weighted by molar-refractivity contribution is 5.73. The molecule has 3 unspecified atom stereocenters. The fourth-order valence-electron chi connectivity index (χ4n) is 3.73. The average Bonchev–Trinajstić information content (AvgIpc) is 2.91. The third-order valence-electron chi connectivity index (χ3n) is 4.53. The van der Waals surface area contributed by atoms with E-state index in [1.54, 1.807) is 0 Å². The summed E-state index contributed by atoms with van der Waals surface area (Å²) < 4.78 is 0. The fourth-order valence-corrected chi connectivity index (χ4v) is 3.73. The summed E-state index contributed by atoms with van der Waals surface area (Å²) in [5, 5.41) is 9.13. The molecule has 0 aromatic heterocycles. The van der Waals surface area contributed by atoms with Gasteiger partial charge in [0.2, 0.25) is 0 Å². The molecule has 4 atom stereocenters. The molecule has 0 spiro atoms. The maximum atomic E-state index is 11.1. The summed E-state index contributed by atoms with van der Waals surface area (Å²) in [6.07, 6.45) is 9.18. The topological polar surface area (TPSA) is 40.5 Å². The van der Waals surface area contributed by atoms with Crippen LogP contribution in [-0.2, 0) is 4.79 Å². The van der Waals surface area contributed by atoms with Gasteiger partial charge < -0.3 is 5.11 Å². The number of allylic oxidation sites excluding steroid dienone is 2. The molecule has 3 nitrogen and oxygen atoms in total. The monoisotopic (exact) mass is 221 g/mol. The molecule has 3 rings (SSSR count). The molecule has 0 aromatic carbocycles. The first-order valence-corrected chi connectivity index (χ1v) is 6.39. The van der Waals surface area contributed by atoms with Crippen LogP contribution in [0.25, 0.3) is 0 Å². The molecule has 1 saturated heterocycles. The Morgan fingerprint density at radius 3 is 2.88 bits per heavy atom. The van der Waals surface area contributed by atoms with Crippen LogP contribution < -0.4 is 0 Å². The molecule has 3 aliphatic rings. The van der Waals surface area contributed by atoms with Crippen LogP contribution in [0.1, 0.15) is 25.7 Å². The number of hydrogen-bond donors (Lipinski definition) is 1. The van der Waals surface area contributed by atoms with Crippen molar-refractivity contribution in [2.45, 2.75) is 31.7 Å². The van der Waals surface area contributed by atoms with E-state index in [1.165, 1.54) is 12.8 Å². The Labute approximate surface area is 96.1 Å². The lowest BCUT2D eigenvalue weighted by Gasteiger charge is -2.27. The highest BCUT2D eigenvalue weighted by atomic mass is 16.4. The van der Waals surface area contributed by atoms with E-state index < -0.39 is 5.97 Å². The predicted molar refractivity (Wildman–Crippen MR) is 61.1 cm³/mol. The molecule has 2 bridgehead atoms. The average molecular weight is 221 g/mol. The van der Waals surface area contributed by atoms with Gasteiger partial charge in [0.15, 0.2) is 0 Å². The maximum absolute atomic E-state index is 11.1. The van der Waals surface area contributed by atoms with Crippen molar-refractivity contribution in [3.05, 3.63) is 12.2 Å². The molecule has 1 aliphatic heterocycles. The number of likely N-dealkylation sites (tertiary alicyclic amines) is 1. The lowest BCUT2D eigenvalue weighted by molar-refractivity contribution is -0.142. The summed E-state index contributed by atoms with van der Waals surface area (Å²) >= 11 is 0. The van der Waals surface area contributed by atoms with Crippen molar-refractivity contribution >= 4 is 5.97 Å². The van der Waals surface area contributed by atoms with Crippen LogP contribution in [0.3, 0.4) is 0 Å². The van der Waals surface area contributed by atoms with E-state index in [1.807, 2.05) is 0 Å². The second kappa shape index (κ2) is 3.88. The second-order valence-electron chi connectivity index (χ2n) is 5.53. The Bertz CT molecular complexity index is 326. The smallest absolute Gasteiger partial charge is 0.320 e. The van der Waals surface area contributed by atoms with Gasteiger partial charge in [0.25, 0.3) is 0 Å². The Balaban J connectivity index is 1.62. The summed E-state index contributed by atoms with van der Waals surface area (Å²) in [5.41, 5.74) is 0. The third kappa shape index (κ3) is 1.67. The zero-order valence-electron chi connectivity index (χ0n) is 9.51. The number of hydrogen-bond acceptors (Lipinski definition) is 2. The Morgan fingerprint density at radius 1 is 1.38 bits per heavy atom. The normalized spacial score (nSPS) is 42.0. The van der Waals surface area contributed by atoms with Gasteiger partial charge >= 0.3 is 5.97 Å². The minimum absolute atomic E-state index is 0.205. The Hall–Kier alpha value is -0.830. The van der Waals surface area contributed by atoms with Gasteiger partial charge in [-0.2, -0.15) is 0 Å². The second-order valence-corrected chi connectivity index (χ2v) is 5.53. The molecule has 0 amide bonds. The number of carboxylic acids is 1. The van der Waals surface area contributed by atoms with Crippen molar-refractivity contribution in [1.29, 1.82) is 0 Å². The van der Waals surface area contributed by atoms with Gasteiger partial charge in [-0.1, -0.05) is 12.2 Å². The van der Waals surface area contributed by atoms with Crippen molar-refractivity contribution in [3.63, 3.8) is 0 Å². The van der Waals surface area contributed by atoms with Gasteiger partial charge in [0, 0.05) is 6.54 Å². The van der Waals surface area contributed by atoms with Gasteiger partial charge in [-0.25, -0.2) is 0 Å². The van der Waals surface area contributed by atoms with Crippen molar-refractivity contribution in [3.8, 4) is 0 Å². The lowest BCUT2D eigenvalue weighted by atomic mass is 9.93. The minimum atomic E-state index is -0.629. The molecule has 2 fully saturated rings. The number of carbonyl (C=O) groups is 1. The van der Waals surface area contributed by atoms with Crippen LogP contribution in [0.5, 0.6) is 0 Å². The lowest BCUT2D eigenvalue weighted by Crippen LogP contribution is -2.39. The number of aliphatic carboxylic acids is 1. The third-order valence-corrected chi connectivity index (χ3v) is 4.53. The Morgan fingerprint density at radius 2 is 2.25 bits per heavy atom. The molecule has 3 heteroatoms. The summed E-state index contributed by atoms with van der Waals surface area (Å²) in [5.74, 6) is 1.62. The minimum Gasteiger partial charge on any atom is -0.480 e. The van der Waals surface area contributed by atoms with E-state index in [9.17, 15) is 4.79 Å². The quantitative estimate of drug-likeness (QED) is 0.738. The highest BCUT2D eigenvalue weighted by Gasteiger charge is 2.39. The standard InChI is InChI=1S/C13H19NO2/c15-13(16)12-2-1-5-14(12)8-11-7-9-3-4-10(11)6-9/h3-4,9-12H,1-2,5-8H2,(H,15,16)/t9?,10?,11?,12-/m0/s1. The summed E-state index contributed by atoms with van der Waals surface area (Å²) in [7, 11) is 0. The van der Waals surface area contributed by atoms with E-state index in [0.717, 1.165) is 43.7 Å². The van der Waals surface area contributed by atoms with E-state index in [-0.39, 0.29) is 6.04 Å². The van der Waals surface area contributed by atoms with Crippen molar-refractivity contribution < 1.29 is 9.90 Å². The van der Waals surface area contributed by atoms with Gasteiger partial charge in [-0.15, -0.1) is 0 Å². The first-order valence-electron chi connectivity index (χ1n) is 6.39. The van der Waals surface area contributed by atoms with Crippen LogP contribution in [-0.4, -0.2) is 35.1 Å². The highest BCUT2D eigenvalue weighted by Crippen LogP contribution is 2.44.